The minimum Gasteiger partial charge on any atom is -0.381 e. The maximum absolute atomic E-state index is 2.56. The van der Waals surface area contributed by atoms with E-state index in [1.54, 1.807) is 0 Å². The summed E-state index contributed by atoms with van der Waals surface area (Å²) < 4.78 is 5.12. The van der Waals surface area contributed by atoms with Gasteiger partial charge in [-0.2, -0.15) is 0 Å². The predicted molar refractivity (Wildman–Crippen MR) is 69.8 cm³/mol. The van der Waals surface area contributed by atoms with Crippen LogP contribution in [0.4, 0.5) is 0 Å². The Hall–Kier alpha value is -0.443. The van der Waals surface area contributed by atoms with Crippen molar-refractivity contribution in [3.05, 3.63) is 12.4 Å². The molecule has 0 bridgehead atoms. The van der Waals surface area contributed by atoms with E-state index in [1.165, 1.54) is 0 Å². The summed E-state index contributed by atoms with van der Waals surface area (Å²) in [5.41, 5.74) is 0.457. The summed E-state index contributed by atoms with van der Waals surface area (Å²) in [6, 6.07) is 0. The highest BCUT2D eigenvalue weighted by Crippen LogP contribution is 2.35. The van der Waals surface area contributed by atoms with Gasteiger partial charge in [0.05, 0.1) is 0 Å². The molecule has 0 radical (unpaired) electrons. The van der Waals surface area contributed by atoms with E-state index in [0.29, 0.717) is 0 Å². The SMILES string of the molecule is CC(C)(C)N1C=CN(C(C)(C)C)[Si]1(C)C. The van der Waals surface area contributed by atoms with Crippen LogP contribution >= 0.6 is 0 Å². The van der Waals surface area contributed by atoms with Crippen LogP contribution in [0.3, 0.4) is 0 Å². The molecule has 0 saturated carbocycles. The summed E-state index contributed by atoms with van der Waals surface area (Å²) in [5, 5.41) is 0. The minimum atomic E-state index is -1.51. The van der Waals surface area contributed by atoms with E-state index in [4.69, 9.17) is 0 Å². The summed E-state index contributed by atoms with van der Waals surface area (Å²) in [6.45, 7) is 18.6. The van der Waals surface area contributed by atoms with Crippen molar-refractivity contribution in [2.24, 2.45) is 0 Å². The molecule has 0 unspecified atom stereocenters. The highest BCUT2D eigenvalue weighted by Gasteiger charge is 2.46. The monoisotopic (exact) mass is 226 g/mol. The summed E-state index contributed by atoms with van der Waals surface area (Å²) in [7, 11) is -1.51. The molecule has 1 aliphatic heterocycles. The molecule has 0 fully saturated rings. The van der Waals surface area contributed by atoms with Gasteiger partial charge in [0.2, 0.25) is 0 Å². The smallest absolute Gasteiger partial charge is 0.258 e. The quantitative estimate of drug-likeness (QED) is 0.584. The van der Waals surface area contributed by atoms with Gasteiger partial charge in [0, 0.05) is 23.5 Å². The highest BCUT2D eigenvalue weighted by molar-refractivity contribution is 6.73. The van der Waals surface area contributed by atoms with Crippen LogP contribution in [0.2, 0.25) is 13.1 Å². The van der Waals surface area contributed by atoms with Gasteiger partial charge in [0.15, 0.2) is 0 Å². The summed E-state index contributed by atoms with van der Waals surface area (Å²) >= 11 is 0. The lowest BCUT2D eigenvalue weighted by atomic mass is 10.1. The Labute approximate surface area is 96.1 Å². The number of nitrogens with zero attached hydrogens (tertiary/aromatic N) is 2. The van der Waals surface area contributed by atoms with E-state index in [9.17, 15) is 0 Å². The number of hydrogen-bond donors (Lipinski definition) is 0. The Kier molecular flexibility index (Phi) is 2.75. The second kappa shape index (κ2) is 3.27. The standard InChI is InChI=1S/C12H26N2Si/c1-11(2,3)13-9-10-14(12(4,5)6)15(13,7)8/h9-10H,1-8H3. The molecule has 1 rings (SSSR count). The second-order valence-corrected chi connectivity index (χ2v) is 10.8. The van der Waals surface area contributed by atoms with E-state index in [-0.39, 0.29) is 11.1 Å². The van der Waals surface area contributed by atoms with Crippen LogP contribution in [0, 0.1) is 0 Å². The molecule has 0 spiro atoms. The summed E-state index contributed by atoms with van der Waals surface area (Å²) in [4.78, 5) is 0. The van der Waals surface area contributed by atoms with E-state index >= 15 is 0 Å². The van der Waals surface area contributed by atoms with Gasteiger partial charge in [-0.05, 0) is 54.6 Å². The van der Waals surface area contributed by atoms with Crippen LogP contribution in [0.1, 0.15) is 41.5 Å². The predicted octanol–water partition coefficient (Wildman–Crippen LogP) is 3.37. The lowest BCUT2D eigenvalue weighted by Crippen LogP contribution is -2.63. The molecular formula is C12H26N2Si. The first-order valence-corrected chi connectivity index (χ1v) is 8.64. The molecule has 0 aromatic rings. The Morgan fingerprint density at radius 1 is 0.733 bits per heavy atom. The zero-order valence-electron chi connectivity index (χ0n) is 11.5. The van der Waals surface area contributed by atoms with Crippen LogP contribution in [-0.2, 0) is 0 Å². The third-order valence-electron chi connectivity index (χ3n) is 2.99. The normalized spacial score (nSPS) is 21.3. The third-order valence-corrected chi connectivity index (χ3v) is 6.99. The first-order valence-electron chi connectivity index (χ1n) is 5.74. The van der Waals surface area contributed by atoms with Gasteiger partial charge in [0.1, 0.15) is 0 Å². The minimum absolute atomic E-state index is 0.228. The molecule has 0 aliphatic carbocycles. The topological polar surface area (TPSA) is 6.48 Å². The zero-order valence-corrected chi connectivity index (χ0v) is 12.5. The van der Waals surface area contributed by atoms with Gasteiger partial charge < -0.3 is 9.13 Å². The molecule has 15 heavy (non-hydrogen) atoms. The Morgan fingerprint density at radius 3 is 1.13 bits per heavy atom. The molecule has 0 amide bonds. The van der Waals surface area contributed by atoms with E-state index in [2.05, 4.69) is 76.2 Å². The van der Waals surface area contributed by atoms with Crippen LogP contribution in [0.25, 0.3) is 0 Å². The lowest BCUT2D eigenvalue weighted by molar-refractivity contribution is 0.269. The van der Waals surface area contributed by atoms with Crippen molar-refractivity contribution in [2.75, 3.05) is 0 Å². The maximum Gasteiger partial charge on any atom is 0.258 e. The number of hydrogen-bond acceptors (Lipinski definition) is 2. The average molecular weight is 226 g/mol. The van der Waals surface area contributed by atoms with Crippen LogP contribution in [0.5, 0.6) is 0 Å². The maximum atomic E-state index is 2.56. The molecule has 88 valence electrons. The molecule has 3 heteroatoms. The molecule has 0 aromatic heterocycles. The van der Waals surface area contributed by atoms with Crippen molar-refractivity contribution < 1.29 is 0 Å². The van der Waals surface area contributed by atoms with Crippen LogP contribution in [-0.4, -0.2) is 28.6 Å². The van der Waals surface area contributed by atoms with Crippen molar-refractivity contribution in [1.82, 2.24) is 9.13 Å². The molecule has 1 heterocycles. The average Bonchev–Trinajstić information content (AvgIpc) is 2.21. The van der Waals surface area contributed by atoms with Crippen LogP contribution in [0.15, 0.2) is 12.4 Å². The fraction of sp³-hybridized carbons (Fsp3) is 0.833. The van der Waals surface area contributed by atoms with Crippen molar-refractivity contribution in [3.63, 3.8) is 0 Å². The van der Waals surface area contributed by atoms with Gasteiger partial charge in [-0.3, -0.25) is 0 Å². The number of rotatable bonds is 0. The molecular weight excluding hydrogens is 200 g/mol. The molecule has 0 atom stereocenters. The molecule has 0 N–H and O–H groups in total. The molecule has 1 aliphatic rings. The van der Waals surface area contributed by atoms with Gasteiger partial charge in [-0.25, -0.2) is 0 Å². The Bertz CT molecular complexity index is 242. The van der Waals surface area contributed by atoms with Crippen molar-refractivity contribution in [1.29, 1.82) is 0 Å². The fourth-order valence-electron chi connectivity index (χ4n) is 2.70. The third kappa shape index (κ3) is 2.22. The first kappa shape index (κ1) is 12.6. The molecule has 2 nitrogen and oxygen atoms in total. The van der Waals surface area contributed by atoms with Gasteiger partial charge in [-0.1, -0.05) is 0 Å². The van der Waals surface area contributed by atoms with E-state index in [1.807, 2.05) is 0 Å². The van der Waals surface area contributed by atoms with Gasteiger partial charge in [0.25, 0.3) is 8.40 Å². The first-order chi connectivity index (χ1) is 6.47. The van der Waals surface area contributed by atoms with E-state index < -0.39 is 8.40 Å². The van der Waals surface area contributed by atoms with Gasteiger partial charge >= 0.3 is 0 Å². The summed E-state index contributed by atoms with van der Waals surface area (Å²) in [5.74, 6) is 0. The van der Waals surface area contributed by atoms with E-state index in [0.717, 1.165) is 0 Å². The van der Waals surface area contributed by atoms with Crippen molar-refractivity contribution >= 4 is 8.40 Å². The summed E-state index contributed by atoms with van der Waals surface area (Å²) in [6.07, 6.45) is 4.55. The van der Waals surface area contributed by atoms with Crippen LogP contribution < -0.4 is 0 Å². The van der Waals surface area contributed by atoms with Crippen molar-refractivity contribution in [2.45, 2.75) is 65.7 Å². The highest BCUT2D eigenvalue weighted by atomic mass is 28.3. The molecule has 0 aromatic carbocycles. The van der Waals surface area contributed by atoms with Crippen molar-refractivity contribution in [3.8, 4) is 0 Å². The zero-order chi connectivity index (χ0) is 12.1. The Morgan fingerprint density at radius 2 is 1.00 bits per heavy atom. The lowest BCUT2D eigenvalue weighted by Gasteiger charge is -2.49. The largest absolute Gasteiger partial charge is 0.381 e. The van der Waals surface area contributed by atoms with Gasteiger partial charge in [-0.15, -0.1) is 0 Å². The Balaban J connectivity index is 3.01. The molecule has 0 saturated heterocycles. The fourth-order valence-corrected chi connectivity index (χ4v) is 7.08. The second-order valence-electron chi connectivity index (χ2n) is 6.87.